The van der Waals surface area contributed by atoms with E-state index in [-0.39, 0.29) is 5.91 Å². The molecule has 1 aromatic heterocycles. The number of nitrogens with zero attached hydrogens (tertiary/aromatic N) is 3. The highest BCUT2D eigenvalue weighted by atomic mass is 79.9. The third-order valence-electron chi connectivity index (χ3n) is 6.78. The summed E-state index contributed by atoms with van der Waals surface area (Å²) in [5, 5.41) is 0.888. The molecule has 178 valence electrons. The van der Waals surface area contributed by atoms with Gasteiger partial charge in [-0.1, -0.05) is 84.4 Å². The SMILES string of the molecule is CC(C)c1ccc(-c2cc(C(=O)N3CCN(Cc4ccccc4)CC3)c3cc(Br)ccc3n2)cc1. The number of amides is 1. The van der Waals surface area contributed by atoms with Gasteiger partial charge in [-0.2, -0.15) is 0 Å². The normalized spacial score (nSPS) is 14.6. The van der Waals surface area contributed by atoms with E-state index in [0.29, 0.717) is 5.92 Å². The van der Waals surface area contributed by atoms with E-state index >= 15 is 0 Å². The fourth-order valence-electron chi connectivity index (χ4n) is 4.68. The number of hydrogen-bond donors (Lipinski definition) is 0. The number of carbonyl (C=O) groups excluding carboxylic acids is 1. The summed E-state index contributed by atoms with van der Waals surface area (Å²) < 4.78 is 0.947. The smallest absolute Gasteiger partial charge is 0.254 e. The second kappa shape index (κ2) is 10.3. The molecule has 0 unspecified atom stereocenters. The Morgan fingerprint density at radius 1 is 0.914 bits per heavy atom. The first-order valence-electron chi connectivity index (χ1n) is 12.2. The van der Waals surface area contributed by atoms with Gasteiger partial charge >= 0.3 is 0 Å². The van der Waals surface area contributed by atoms with Crippen LogP contribution in [0.3, 0.4) is 0 Å². The lowest BCUT2D eigenvalue weighted by molar-refractivity contribution is 0.0630. The Balaban J connectivity index is 1.41. The molecule has 1 fully saturated rings. The number of aromatic nitrogens is 1. The zero-order valence-electron chi connectivity index (χ0n) is 20.2. The zero-order chi connectivity index (χ0) is 24.4. The lowest BCUT2D eigenvalue weighted by Crippen LogP contribution is -2.48. The Morgan fingerprint density at radius 2 is 1.63 bits per heavy atom. The van der Waals surface area contributed by atoms with Crippen molar-refractivity contribution in [1.29, 1.82) is 0 Å². The van der Waals surface area contributed by atoms with Crippen LogP contribution >= 0.6 is 15.9 Å². The number of fused-ring (bicyclic) bond motifs is 1. The predicted octanol–water partition coefficient (Wildman–Crippen LogP) is 6.75. The van der Waals surface area contributed by atoms with Gasteiger partial charge in [0.05, 0.1) is 16.8 Å². The van der Waals surface area contributed by atoms with Gasteiger partial charge in [-0.3, -0.25) is 9.69 Å². The molecule has 0 aliphatic carbocycles. The molecule has 4 aromatic rings. The summed E-state index contributed by atoms with van der Waals surface area (Å²) in [4.78, 5) is 23.1. The van der Waals surface area contributed by atoms with Crippen LogP contribution < -0.4 is 0 Å². The second-order valence-electron chi connectivity index (χ2n) is 9.55. The van der Waals surface area contributed by atoms with Crippen molar-refractivity contribution in [3.63, 3.8) is 0 Å². The van der Waals surface area contributed by atoms with Crippen molar-refractivity contribution in [2.45, 2.75) is 26.3 Å². The zero-order valence-corrected chi connectivity index (χ0v) is 21.8. The van der Waals surface area contributed by atoms with Crippen LogP contribution in [0, 0.1) is 0 Å². The van der Waals surface area contributed by atoms with E-state index in [0.717, 1.165) is 64.9 Å². The maximum Gasteiger partial charge on any atom is 0.254 e. The Labute approximate surface area is 215 Å². The number of hydrogen-bond acceptors (Lipinski definition) is 3. The quantitative estimate of drug-likeness (QED) is 0.288. The van der Waals surface area contributed by atoms with E-state index in [2.05, 4.69) is 83.2 Å². The largest absolute Gasteiger partial charge is 0.336 e. The number of carbonyl (C=O) groups is 1. The van der Waals surface area contributed by atoms with Gasteiger partial charge in [-0.25, -0.2) is 4.98 Å². The van der Waals surface area contributed by atoms with E-state index in [4.69, 9.17) is 4.98 Å². The Bertz CT molecular complexity index is 1330. The van der Waals surface area contributed by atoms with Gasteiger partial charge in [-0.05, 0) is 41.3 Å². The lowest BCUT2D eigenvalue weighted by atomic mass is 9.99. The molecule has 1 saturated heterocycles. The molecule has 4 nitrogen and oxygen atoms in total. The first kappa shape index (κ1) is 23.7. The standard InChI is InChI=1S/C30H30BrN3O/c1-21(2)23-8-10-24(11-9-23)29-19-27(26-18-25(31)12-13-28(26)32-29)30(35)34-16-14-33(15-17-34)20-22-6-4-3-5-7-22/h3-13,18-19,21H,14-17,20H2,1-2H3. The fraction of sp³-hybridized carbons (Fsp3) is 0.267. The molecule has 0 N–H and O–H groups in total. The molecule has 0 radical (unpaired) electrons. The van der Waals surface area contributed by atoms with Crippen molar-refractivity contribution in [1.82, 2.24) is 14.8 Å². The average molecular weight is 528 g/mol. The summed E-state index contributed by atoms with van der Waals surface area (Å²) in [7, 11) is 0. The van der Waals surface area contributed by atoms with Crippen molar-refractivity contribution in [2.24, 2.45) is 0 Å². The third-order valence-corrected chi connectivity index (χ3v) is 7.28. The summed E-state index contributed by atoms with van der Waals surface area (Å²) in [5.41, 5.74) is 6.02. The minimum absolute atomic E-state index is 0.0786. The van der Waals surface area contributed by atoms with Crippen LogP contribution in [0.25, 0.3) is 22.2 Å². The Kier molecular flexibility index (Phi) is 6.98. The molecule has 2 heterocycles. The molecule has 35 heavy (non-hydrogen) atoms. The molecule has 0 bridgehead atoms. The maximum absolute atomic E-state index is 13.8. The van der Waals surface area contributed by atoms with Crippen LogP contribution in [0.5, 0.6) is 0 Å². The van der Waals surface area contributed by atoms with Gasteiger partial charge in [0.25, 0.3) is 5.91 Å². The molecular formula is C30H30BrN3O. The molecule has 5 heteroatoms. The van der Waals surface area contributed by atoms with E-state index in [1.165, 1.54) is 11.1 Å². The molecule has 0 spiro atoms. The number of pyridine rings is 1. The molecule has 1 amide bonds. The van der Waals surface area contributed by atoms with Gasteiger partial charge in [-0.15, -0.1) is 0 Å². The van der Waals surface area contributed by atoms with Crippen LogP contribution in [0.4, 0.5) is 0 Å². The minimum atomic E-state index is 0.0786. The van der Waals surface area contributed by atoms with Crippen LogP contribution in [-0.2, 0) is 6.54 Å². The predicted molar refractivity (Wildman–Crippen MR) is 147 cm³/mol. The number of rotatable bonds is 5. The molecule has 3 aromatic carbocycles. The Morgan fingerprint density at radius 3 is 2.31 bits per heavy atom. The Hall–Kier alpha value is -3.02. The van der Waals surface area contributed by atoms with Gasteiger partial charge in [0, 0.05) is 48.1 Å². The lowest BCUT2D eigenvalue weighted by Gasteiger charge is -2.35. The topological polar surface area (TPSA) is 36.4 Å². The van der Waals surface area contributed by atoms with Crippen LogP contribution in [0.1, 0.15) is 41.3 Å². The van der Waals surface area contributed by atoms with Crippen molar-refractivity contribution in [2.75, 3.05) is 26.2 Å². The van der Waals surface area contributed by atoms with E-state index in [1.807, 2.05) is 35.2 Å². The van der Waals surface area contributed by atoms with E-state index in [9.17, 15) is 4.79 Å². The summed E-state index contributed by atoms with van der Waals surface area (Å²) in [6.45, 7) is 8.50. The first-order chi connectivity index (χ1) is 17.0. The molecule has 1 aliphatic heterocycles. The monoisotopic (exact) mass is 527 g/mol. The second-order valence-corrected chi connectivity index (χ2v) is 10.5. The maximum atomic E-state index is 13.8. The highest BCUT2D eigenvalue weighted by molar-refractivity contribution is 9.10. The molecular weight excluding hydrogens is 498 g/mol. The number of halogens is 1. The van der Waals surface area contributed by atoms with E-state index < -0.39 is 0 Å². The molecule has 0 saturated carbocycles. The van der Waals surface area contributed by atoms with Crippen molar-refractivity contribution in [3.05, 3.63) is 100 Å². The number of piperazine rings is 1. The van der Waals surface area contributed by atoms with E-state index in [1.54, 1.807) is 0 Å². The van der Waals surface area contributed by atoms with Gasteiger partial charge in [0.2, 0.25) is 0 Å². The summed E-state index contributed by atoms with van der Waals surface area (Å²) in [6, 6.07) is 27.0. The van der Waals surface area contributed by atoms with Gasteiger partial charge in [0.1, 0.15) is 0 Å². The van der Waals surface area contributed by atoms with Crippen molar-refractivity contribution < 1.29 is 4.79 Å². The molecule has 1 aliphatic rings. The average Bonchev–Trinajstić information content (AvgIpc) is 2.89. The van der Waals surface area contributed by atoms with Gasteiger partial charge < -0.3 is 4.90 Å². The summed E-state index contributed by atoms with van der Waals surface area (Å²) in [6.07, 6.45) is 0. The van der Waals surface area contributed by atoms with Crippen molar-refractivity contribution >= 4 is 32.7 Å². The van der Waals surface area contributed by atoms with Crippen LogP contribution in [-0.4, -0.2) is 46.9 Å². The first-order valence-corrected chi connectivity index (χ1v) is 13.0. The van der Waals surface area contributed by atoms with Crippen LogP contribution in [0.15, 0.2) is 83.3 Å². The minimum Gasteiger partial charge on any atom is -0.336 e. The van der Waals surface area contributed by atoms with Gasteiger partial charge in [0.15, 0.2) is 0 Å². The summed E-state index contributed by atoms with van der Waals surface area (Å²) >= 11 is 3.58. The molecule has 5 rings (SSSR count). The third kappa shape index (κ3) is 5.31. The molecule has 0 atom stereocenters. The van der Waals surface area contributed by atoms with Crippen molar-refractivity contribution in [3.8, 4) is 11.3 Å². The summed E-state index contributed by atoms with van der Waals surface area (Å²) in [5.74, 6) is 0.554. The highest BCUT2D eigenvalue weighted by Crippen LogP contribution is 2.29. The highest BCUT2D eigenvalue weighted by Gasteiger charge is 2.24. The van der Waals surface area contributed by atoms with Crippen LogP contribution in [0.2, 0.25) is 0 Å². The fourth-order valence-corrected chi connectivity index (χ4v) is 5.04. The number of benzene rings is 3.